The molecular formula is C14H17N3O6S. The smallest absolute Gasteiger partial charge is 0.444 e. The molecule has 0 spiro atoms. The van der Waals surface area contributed by atoms with E-state index in [0.717, 1.165) is 4.68 Å². The van der Waals surface area contributed by atoms with Crippen molar-refractivity contribution in [3.63, 3.8) is 0 Å². The third-order valence-corrected chi connectivity index (χ3v) is 5.36. The lowest BCUT2D eigenvalue weighted by molar-refractivity contribution is 0.0730. The number of hydrogen-bond donors (Lipinski definition) is 0. The summed E-state index contributed by atoms with van der Waals surface area (Å²) in [5.41, 5.74) is 0.282. The molecule has 1 aromatic carbocycles. The quantitative estimate of drug-likeness (QED) is 0.757. The Labute approximate surface area is 138 Å². The normalized spacial score (nSPS) is 16.2. The second-order valence-electron chi connectivity index (χ2n) is 4.99. The van der Waals surface area contributed by atoms with Gasteiger partial charge in [-0.15, -0.1) is 0 Å². The van der Waals surface area contributed by atoms with Gasteiger partial charge in [0.05, 0.1) is 30.4 Å². The summed E-state index contributed by atoms with van der Waals surface area (Å²) in [6.07, 6.45) is -0.163. The van der Waals surface area contributed by atoms with Crippen molar-refractivity contribution in [3.8, 4) is 11.8 Å². The molecule has 130 valence electrons. The zero-order valence-corrected chi connectivity index (χ0v) is 13.9. The highest BCUT2D eigenvalue weighted by atomic mass is 32.2. The van der Waals surface area contributed by atoms with E-state index in [0.29, 0.717) is 32.9 Å². The van der Waals surface area contributed by atoms with Crippen molar-refractivity contribution in [3.05, 3.63) is 34.8 Å². The molecule has 0 aliphatic carbocycles. The summed E-state index contributed by atoms with van der Waals surface area (Å²) in [5.74, 6) is -0.751. The highest BCUT2D eigenvalue weighted by molar-refractivity contribution is 7.89. The minimum absolute atomic E-state index is 0.0785. The van der Waals surface area contributed by atoms with Crippen LogP contribution in [0.5, 0.6) is 6.08 Å². The van der Waals surface area contributed by atoms with E-state index in [2.05, 4.69) is 5.10 Å². The van der Waals surface area contributed by atoms with Crippen LogP contribution in [0.3, 0.4) is 0 Å². The average molecular weight is 355 g/mol. The van der Waals surface area contributed by atoms with Gasteiger partial charge in [0.25, 0.3) is 0 Å². The van der Waals surface area contributed by atoms with Crippen molar-refractivity contribution in [1.82, 2.24) is 14.1 Å². The average Bonchev–Trinajstić information content (AvgIpc) is 2.96. The van der Waals surface area contributed by atoms with E-state index in [9.17, 15) is 13.2 Å². The molecule has 0 N–H and O–H groups in total. The molecule has 9 nitrogen and oxygen atoms in total. The Kier molecular flexibility index (Phi) is 4.69. The lowest BCUT2D eigenvalue weighted by Gasteiger charge is -2.26. The number of benzene rings is 1. The van der Waals surface area contributed by atoms with Crippen molar-refractivity contribution in [2.24, 2.45) is 0 Å². The van der Waals surface area contributed by atoms with Crippen LogP contribution in [0.1, 0.15) is 6.92 Å². The number of sulfonamides is 1. The van der Waals surface area contributed by atoms with Gasteiger partial charge in [-0.05, 0) is 25.1 Å². The number of aromatic nitrogens is 2. The van der Waals surface area contributed by atoms with E-state index in [4.69, 9.17) is 13.9 Å². The van der Waals surface area contributed by atoms with Crippen LogP contribution in [-0.2, 0) is 14.8 Å². The Morgan fingerprint density at radius 3 is 2.75 bits per heavy atom. The fourth-order valence-electron chi connectivity index (χ4n) is 2.32. The number of ether oxygens (including phenoxy) is 2. The fourth-order valence-corrected chi connectivity index (χ4v) is 3.77. The summed E-state index contributed by atoms with van der Waals surface area (Å²) in [6.45, 7) is 3.34. The van der Waals surface area contributed by atoms with Gasteiger partial charge in [0, 0.05) is 13.1 Å². The minimum atomic E-state index is -3.66. The van der Waals surface area contributed by atoms with Gasteiger partial charge in [0.2, 0.25) is 10.0 Å². The van der Waals surface area contributed by atoms with Gasteiger partial charge in [0.1, 0.15) is 0 Å². The summed E-state index contributed by atoms with van der Waals surface area (Å²) in [6, 6.07) is 5.97. The second kappa shape index (κ2) is 6.75. The first kappa shape index (κ1) is 16.7. The molecule has 0 atom stereocenters. The molecule has 1 aliphatic heterocycles. The summed E-state index contributed by atoms with van der Waals surface area (Å²) >= 11 is 0. The number of rotatable bonds is 5. The monoisotopic (exact) mass is 355 g/mol. The summed E-state index contributed by atoms with van der Waals surface area (Å²) in [4.78, 5) is 11.9. The van der Waals surface area contributed by atoms with E-state index >= 15 is 0 Å². The molecule has 1 aliphatic rings. The largest absolute Gasteiger partial charge is 0.449 e. The fraction of sp³-hybridized carbons (Fsp3) is 0.429. The van der Waals surface area contributed by atoms with Crippen LogP contribution >= 0.6 is 0 Å². The maximum absolute atomic E-state index is 12.7. The van der Waals surface area contributed by atoms with E-state index < -0.39 is 15.8 Å². The molecule has 0 amide bonds. The lowest BCUT2D eigenvalue weighted by Crippen LogP contribution is -2.40. The third kappa shape index (κ3) is 3.21. The highest BCUT2D eigenvalue weighted by Gasteiger charge is 2.26. The van der Waals surface area contributed by atoms with Crippen LogP contribution in [0, 0.1) is 0 Å². The van der Waals surface area contributed by atoms with Gasteiger partial charge in [-0.1, -0.05) is 11.2 Å². The van der Waals surface area contributed by atoms with Crippen molar-refractivity contribution in [1.29, 1.82) is 0 Å². The molecule has 24 heavy (non-hydrogen) atoms. The van der Waals surface area contributed by atoms with Gasteiger partial charge in [0.15, 0.2) is 0 Å². The molecule has 0 radical (unpaired) electrons. The standard InChI is InChI=1S/C14H17N3O6S/c1-2-22-13-15-17(14(18)23-13)11-4-3-5-12(10-11)24(19,20)16-6-8-21-9-7-16/h3-5,10H,2,6-9H2,1H3. The number of hydrogen-bond acceptors (Lipinski definition) is 7. The Hall–Kier alpha value is -2.17. The molecule has 1 saturated heterocycles. The lowest BCUT2D eigenvalue weighted by atomic mass is 10.3. The zero-order valence-electron chi connectivity index (χ0n) is 13.0. The van der Waals surface area contributed by atoms with Crippen LogP contribution in [0.2, 0.25) is 0 Å². The SMILES string of the molecule is CCOc1nn(-c2cccc(S(=O)(=O)N3CCOCC3)c2)c(=O)o1. The topological polar surface area (TPSA) is 104 Å². The van der Waals surface area contributed by atoms with Crippen molar-refractivity contribution in [2.45, 2.75) is 11.8 Å². The highest BCUT2D eigenvalue weighted by Crippen LogP contribution is 2.19. The van der Waals surface area contributed by atoms with Gasteiger partial charge in [-0.2, -0.15) is 8.99 Å². The maximum Gasteiger partial charge on any atom is 0.444 e. The molecule has 3 rings (SSSR count). The molecule has 2 heterocycles. The first-order valence-electron chi connectivity index (χ1n) is 7.43. The van der Waals surface area contributed by atoms with Gasteiger partial charge in [-0.3, -0.25) is 0 Å². The Balaban J connectivity index is 1.96. The van der Waals surface area contributed by atoms with Crippen LogP contribution in [0.15, 0.2) is 38.4 Å². The molecule has 2 aromatic rings. The van der Waals surface area contributed by atoms with E-state index in [1.54, 1.807) is 19.1 Å². The molecule has 1 fully saturated rings. The van der Waals surface area contributed by atoms with Crippen LogP contribution in [-0.4, -0.2) is 55.4 Å². The van der Waals surface area contributed by atoms with E-state index in [1.165, 1.54) is 16.4 Å². The van der Waals surface area contributed by atoms with Crippen LogP contribution < -0.4 is 10.5 Å². The first-order chi connectivity index (χ1) is 11.5. The zero-order chi connectivity index (χ0) is 17.2. The Morgan fingerprint density at radius 1 is 1.29 bits per heavy atom. The first-order valence-corrected chi connectivity index (χ1v) is 8.87. The van der Waals surface area contributed by atoms with Crippen LogP contribution in [0.4, 0.5) is 0 Å². The van der Waals surface area contributed by atoms with Crippen molar-refractivity contribution < 1.29 is 22.3 Å². The van der Waals surface area contributed by atoms with Crippen LogP contribution in [0.25, 0.3) is 5.69 Å². The number of morpholine rings is 1. The molecule has 0 bridgehead atoms. The van der Waals surface area contributed by atoms with Gasteiger partial charge < -0.3 is 13.9 Å². The van der Waals surface area contributed by atoms with E-state index in [-0.39, 0.29) is 16.7 Å². The number of nitrogens with zero attached hydrogens (tertiary/aromatic N) is 3. The maximum atomic E-state index is 12.7. The summed E-state index contributed by atoms with van der Waals surface area (Å²) in [7, 11) is -3.66. The summed E-state index contributed by atoms with van der Waals surface area (Å²) < 4.78 is 42.7. The molecule has 1 aromatic heterocycles. The van der Waals surface area contributed by atoms with E-state index in [1.807, 2.05) is 0 Å². The molecule has 0 unspecified atom stereocenters. The Morgan fingerprint density at radius 2 is 2.04 bits per heavy atom. The molecular weight excluding hydrogens is 338 g/mol. The minimum Gasteiger partial charge on any atom is -0.449 e. The third-order valence-electron chi connectivity index (χ3n) is 3.47. The van der Waals surface area contributed by atoms with Crippen molar-refractivity contribution in [2.75, 3.05) is 32.9 Å². The van der Waals surface area contributed by atoms with Gasteiger partial charge in [-0.25, -0.2) is 13.2 Å². The molecule has 10 heteroatoms. The summed E-state index contributed by atoms with van der Waals surface area (Å²) in [5, 5.41) is 3.89. The second-order valence-corrected chi connectivity index (χ2v) is 6.93. The molecule has 0 saturated carbocycles. The van der Waals surface area contributed by atoms with Gasteiger partial charge >= 0.3 is 11.8 Å². The predicted octanol–water partition coefficient (Wildman–Crippen LogP) is 0.245. The van der Waals surface area contributed by atoms with Crippen molar-refractivity contribution >= 4 is 10.0 Å². The predicted molar refractivity (Wildman–Crippen MR) is 82.8 cm³/mol. The Bertz CT molecular complexity index is 867.